The molecule has 0 aromatic carbocycles. The van der Waals surface area contributed by atoms with Crippen LogP contribution >= 0.6 is 0 Å². The van der Waals surface area contributed by atoms with Crippen LogP contribution in [0.25, 0.3) is 0 Å². The lowest BCUT2D eigenvalue weighted by Gasteiger charge is -2.51. The number of nitrogens with zero attached hydrogens (tertiary/aromatic N) is 1. The molecule has 16 heavy (non-hydrogen) atoms. The van der Waals surface area contributed by atoms with Crippen LogP contribution in [0.3, 0.4) is 0 Å². The number of likely N-dealkylation sites (tertiary alicyclic amines) is 1. The highest BCUT2D eigenvalue weighted by atomic mass is 16.6. The lowest BCUT2D eigenvalue weighted by molar-refractivity contribution is -0.150. The Labute approximate surface area is 96.1 Å². The van der Waals surface area contributed by atoms with Gasteiger partial charge in [-0.2, -0.15) is 0 Å². The summed E-state index contributed by atoms with van der Waals surface area (Å²) in [4.78, 5) is 13.4. The highest BCUT2D eigenvalue weighted by Crippen LogP contribution is 2.27. The molecule has 2 heterocycles. The zero-order chi connectivity index (χ0) is 11.8. The number of carbonyl (C=O) groups excluding carboxylic acids is 1. The Hall–Kier alpha value is -0.810. The second kappa shape index (κ2) is 3.89. The number of ether oxygens (including phenoxy) is 2. The second-order valence-electron chi connectivity index (χ2n) is 5.54. The van der Waals surface area contributed by atoms with Crippen molar-refractivity contribution in [2.75, 3.05) is 32.8 Å². The third-order valence-electron chi connectivity index (χ3n) is 2.74. The highest BCUT2D eigenvalue weighted by Gasteiger charge is 2.48. The standard InChI is InChI=1S/C11H20N2O3/c1-10(2,3)16-9(14)13-7-11(8-13)6-12-4-5-15-11/h12H,4-8H2,1-3H3. The van der Waals surface area contributed by atoms with Gasteiger partial charge in [-0.05, 0) is 20.8 Å². The summed E-state index contributed by atoms with van der Waals surface area (Å²) in [5.74, 6) is 0. The summed E-state index contributed by atoms with van der Waals surface area (Å²) in [6, 6.07) is 0. The van der Waals surface area contributed by atoms with Crippen LogP contribution < -0.4 is 5.32 Å². The van der Waals surface area contributed by atoms with E-state index in [9.17, 15) is 4.79 Å². The van der Waals surface area contributed by atoms with Crippen LogP contribution in [0.2, 0.25) is 0 Å². The minimum absolute atomic E-state index is 0.158. The van der Waals surface area contributed by atoms with Gasteiger partial charge in [0.15, 0.2) is 0 Å². The van der Waals surface area contributed by atoms with Crippen LogP contribution in [-0.4, -0.2) is 55.0 Å². The maximum absolute atomic E-state index is 11.7. The van der Waals surface area contributed by atoms with Crippen molar-refractivity contribution in [3.8, 4) is 0 Å². The minimum atomic E-state index is -0.425. The first-order valence-corrected chi connectivity index (χ1v) is 5.73. The Morgan fingerprint density at radius 2 is 2.12 bits per heavy atom. The van der Waals surface area contributed by atoms with Crippen molar-refractivity contribution < 1.29 is 14.3 Å². The van der Waals surface area contributed by atoms with Gasteiger partial charge in [0.2, 0.25) is 0 Å². The van der Waals surface area contributed by atoms with Gasteiger partial charge in [-0.25, -0.2) is 4.79 Å². The van der Waals surface area contributed by atoms with Gasteiger partial charge in [-0.3, -0.25) is 0 Å². The molecule has 2 aliphatic heterocycles. The third kappa shape index (κ3) is 2.47. The molecule has 0 atom stereocenters. The van der Waals surface area contributed by atoms with E-state index in [1.807, 2.05) is 20.8 Å². The highest BCUT2D eigenvalue weighted by molar-refractivity contribution is 5.69. The molecular formula is C11H20N2O3. The smallest absolute Gasteiger partial charge is 0.410 e. The van der Waals surface area contributed by atoms with Crippen molar-refractivity contribution in [2.24, 2.45) is 0 Å². The summed E-state index contributed by atoms with van der Waals surface area (Å²) in [6.07, 6.45) is -0.243. The van der Waals surface area contributed by atoms with Gasteiger partial charge in [0.25, 0.3) is 0 Å². The Kier molecular flexibility index (Phi) is 2.84. The van der Waals surface area contributed by atoms with Crippen molar-refractivity contribution in [3.63, 3.8) is 0 Å². The van der Waals surface area contributed by atoms with Crippen LogP contribution in [0.15, 0.2) is 0 Å². The van der Waals surface area contributed by atoms with Crippen LogP contribution in [0.4, 0.5) is 4.79 Å². The summed E-state index contributed by atoms with van der Waals surface area (Å²) < 4.78 is 11.0. The first-order chi connectivity index (χ1) is 7.40. The molecule has 2 saturated heterocycles. The summed E-state index contributed by atoms with van der Waals surface area (Å²) in [7, 11) is 0. The molecule has 2 fully saturated rings. The van der Waals surface area contributed by atoms with E-state index in [1.54, 1.807) is 4.90 Å². The van der Waals surface area contributed by atoms with E-state index in [2.05, 4.69) is 5.32 Å². The zero-order valence-corrected chi connectivity index (χ0v) is 10.2. The van der Waals surface area contributed by atoms with Crippen molar-refractivity contribution in [3.05, 3.63) is 0 Å². The SMILES string of the molecule is CC(C)(C)OC(=O)N1CC2(CNCCO2)C1. The summed E-state index contributed by atoms with van der Waals surface area (Å²) in [5.41, 5.74) is -0.583. The first-order valence-electron chi connectivity index (χ1n) is 5.73. The number of hydrogen-bond acceptors (Lipinski definition) is 4. The molecule has 0 radical (unpaired) electrons. The number of morpholine rings is 1. The molecule has 2 aliphatic rings. The van der Waals surface area contributed by atoms with Crippen LogP contribution in [-0.2, 0) is 9.47 Å². The van der Waals surface area contributed by atoms with Crippen LogP contribution in [0, 0.1) is 0 Å². The predicted octanol–water partition coefficient (Wildman–Crippen LogP) is 0.596. The minimum Gasteiger partial charge on any atom is -0.444 e. The van der Waals surface area contributed by atoms with Crippen LogP contribution in [0.5, 0.6) is 0 Å². The fraction of sp³-hybridized carbons (Fsp3) is 0.909. The summed E-state index contributed by atoms with van der Waals surface area (Å²) in [5, 5.41) is 3.28. The van der Waals surface area contributed by atoms with Crippen molar-refractivity contribution in [1.82, 2.24) is 10.2 Å². The van der Waals surface area contributed by atoms with E-state index in [-0.39, 0.29) is 11.7 Å². The summed E-state index contributed by atoms with van der Waals surface area (Å²) in [6.45, 7) is 9.34. The molecule has 5 heteroatoms. The molecule has 1 amide bonds. The molecule has 0 aliphatic carbocycles. The third-order valence-corrected chi connectivity index (χ3v) is 2.74. The molecule has 0 bridgehead atoms. The van der Waals surface area contributed by atoms with Crippen molar-refractivity contribution in [1.29, 1.82) is 0 Å². The average molecular weight is 228 g/mol. The lowest BCUT2D eigenvalue weighted by atomic mass is 9.93. The first kappa shape index (κ1) is 11.7. The molecule has 0 aromatic rings. The Morgan fingerprint density at radius 1 is 1.44 bits per heavy atom. The average Bonchev–Trinajstić information content (AvgIpc) is 2.12. The molecular weight excluding hydrogens is 208 g/mol. The van der Waals surface area contributed by atoms with E-state index in [0.29, 0.717) is 13.1 Å². The van der Waals surface area contributed by atoms with Crippen LogP contribution in [0.1, 0.15) is 20.8 Å². The van der Waals surface area contributed by atoms with Crippen molar-refractivity contribution >= 4 is 6.09 Å². The molecule has 1 spiro atoms. The predicted molar refractivity (Wildman–Crippen MR) is 59.4 cm³/mol. The molecule has 0 aromatic heterocycles. The quantitative estimate of drug-likeness (QED) is 0.659. The summed E-state index contributed by atoms with van der Waals surface area (Å²) >= 11 is 0. The molecule has 0 unspecified atom stereocenters. The van der Waals surface area contributed by atoms with Gasteiger partial charge in [0, 0.05) is 13.1 Å². The number of carbonyl (C=O) groups is 1. The molecule has 2 rings (SSSR count). The Bertz CT molecular complexity index is 271. The monoisotopic (exact) mass is 228 g/mol. The van der Waals surface area contributed by atoms with Gasteiger partial charge in [-0.15, -0.1) is 0 Å². The van der Waals surface area contributed by atoms with Gasteiger partial charge >= 0.3 is 6.09 Å². The topological polar surface area (TPSA) is 50.8 Å². The van der Waals surface area contributed by atoms with E-state index in [0.717, 1.165) is 19.7 Å². The Balaban J connectivity index is 1.81. The lowest BCUT2D eigenvalue weighted by Crippen LogP contribution is -2.71. The Morgan fingerprint density at radius 3 is 2.62 bits per heavy atom. The van der Waals surface area contributed by atoms with Gasteiger partial charge < -0.3 is 19.7 Å². The van der Waals surface area contributed by atoms with Gasteiger partial charge in [0.05, 0.1) is 19.7 Å². The van der Waals surface area contributed by atoms with E-state index in [1.165, 1.54) is 0 Å². The number of hydrogen-bond donors (Lipinski definition) is 1. The van der Waals surface area contributed by atoms with E-state index >= 15 is 0 Å². The zero-order valence-electron chi connectivity index (χ0n) is 10.2. The molecule has 1 N–H and O–H groups in total. The maximum atomic E-state index is 11.7. The number of nitrogens with one attached hydrogen (secondary N) is 1. The van der Waals surface area contributed by atoms with E-state index < -0.39 is 5.60 Å². The molecule has 0 saturated carbocycles. The van der Waals surface area contributed by atoms with E-state index in [4.69, 9.17) is 9.47 Å². The number of rotatable bonds is 0. The molecule has 92 valence electrons. The largest absolute Gasteiger partial charge is 0.444 e. The normalized spacial score (nSPS) is 24.1. The second-order valence-corrected chi connectivity index (χ2v) is 5.54. The van der Waals surface area contributed by atoms with Crippen molar-refractivity contribution in [2.45, 2.75) is 32.0 Å². The maximum Gasteiger partial charge on any atom is 0.410 e. The van der Waals surface area contributed by atoms with Gasteiger partial charge in [0.1, 0.15) is 11.2 Å². The number of amides is 1. The molecule has 5 nitrogen and oxygen atoms in total. The van der Waals surface area contributed by atoms with Gasteiger partial charge in [-0.1, -0.05) is 0 Å². The fourth-order valence-corrected chi connectivity index (χ4v) is 2.01. The fourth-order valence-electron chi connectivity index (χ4n) is 2.01.